The molecule has 295 valence electrons. The topological polar surface area (TPSA) is 35.6 Å². The zero-order valence-electron chi connectivity index (χ0n) is 35.1. The average molecular weight is 937 g/mol. The molecular weight excluding hydrogens is 885 g/mol. The molecule has 0 saturated carbocycles. The number of imidazole rings is 2. The van der Waals surface area contributed by atoms with E-state index in [1.54, 1.807) is 0 Å². The Morgan fingerprint density at radius 1 is 0.466 bits per heavy atom. The molecule has 0 amide bonds. The number of benzene rings is 6. The summed E-state index contributed by atoms with van der Waals surface area (Å²) in [5.74, 6) is 2.68. The van der Waals surface area contributed by atoms with Gasteiger partial charge in [-0.15, -0.1) is 71.8 Å². The molecule has 0 spiro atoms. The van der Waals surface area contributed by atoms with Crippen molar-refractivity contribution in [2.45, 2.75) is 74.1 Å². The first-order valence-corrected chi connectivity index (χ1v) is 20.0. The zero-order chi connectivity index (χ0) is 40.2. The van der Waals surface area contributed by atoms with Crippen molar-refractivity contribution in [3.63, 3.8) is 0 Å². The second-order valence-corrected chi connectivity index (χ2v) is 15.8. The minimum absolute atomic E-state index is 0. The smallest absolute Gasteiger partial charge is 0.0771 e. The maximum Gasteiger partial charge on any atom is 0.0771 e. The van der Waals surface area contributed by atoms with Gasteiger partial charge in [0.2, 0.25) is 0 Å². The van der Waals surface area contributed by atoms with E-state index in [1.807, 2.05) is 30.3 Å². The molecular formula is C53H52IrN4-2. The summed E-state index contributed by atoms with van der Waals surface area (Å²) in [4.78, 5) is 10.1. The summed E-state index contributed by atoms with van der Waals surface area (Å²) in [5.41, 5.74) is 17.6. The van der Waals surface area contributed by atoms with Gasteiger partial charge >= 0.3 is 0 Å². The number of para-hydroxylation sites is 1. The molecule has 6 aromatic carbocycles. The molecule has 0 fully saturated rings. The molecule has 0 unspecified atom stereocenters. The summed E-state index contributed by atoms with van der Waals surface area (Å²) in [6.45, 7) is 19.7. The first-order valence-electron chi connectivity index (χ1n) is 20.0. The monoisotopic (exact) mass is 937 g/mol. The van der Waals surface area contributed by atoms with Crippen LogP contribution in [0, 0.1) is 46.8 Å². The number of hydrogen-bond acceptors (Lipinski definition) is 2. The third-order valence-electron chi connectivity index (χ3n) is 10.4. The van der Waals surface area contributed by atoms with Crippen LogP contribution < -0.4 is 0 Å². The Bertz CT molecular complexity index is 2580. The van der Waals surface area contributed by atoms with Crippen LogP contribution in [0.1, 0.15) is 78.5 Å². The predicted octanol–water partition coefficient (Wildman–Crippen LogP) is 13.8. The van der Waals surface area contributed by atoms with Crippen molar-refractivity contribution < 1.29 is 20.1 Å². The van der Waals surface area contributed by atoms with E-state index in [-0.39, 0.29) is 20.1 Å². The maximum absolute atomic E-state index is 5.10. The van der Waals surface area contributed by atoms with E-state index >= 15 is 0 Å². The fourth-order valence-corrected chi connectivity index (χ4v) is 7.78. The summed E-state index contributed by atoms with van der Waals surface area (Å²) in [6, 6.07) is 51.0. The van der Waals surface area contributed by atoms with Crippen molar-refractivity contribution in [1.29, 1.82) is 0 Å². The molecule has 5 heteroatoms. The first kappa shape index (κ1) is 42.0. The van der Waals surface area contributed by atoms with Crippen LogP contribution in [0.2, 0.25) is 0 Å². The van der Waals surface area contributed by atoms with Crippen molar-refractivity contribution in [2.75, 3.05) is 0 Å². The Balaban J connectivity index is 0.000000193. The van der Waals surface area contributed by atoms with Gasteiger partial charge in [-0.3, -0.25) is 9.97 Å². The summed E-state index contributed by atoms with van der Waals surface area (Å²) < 4.78 is 4.50. The third-order valence-corrected chi connectivity index (χ3v) is 10.4. The molecule has 0 bridgehead atoms. The molecule has 58 heavy (non-hydrogen) atoms. The van der Waals surface area contributed by atoms with Crippen LogP contribution in [0.25, 0.3) is 56.7 Å². The fraction of sp³-hybridized carbons (Fsp3) is 0.208. The number of hydrogen-bond donors (Lipinski definition) is 0. The minimum atomic E-state index is 0. The number of aryl methyl sites for hydroxylation is 5. The van der Waals surface area contributed by atoms with Gasteiger partial charge in [-0.05, 0) is 80.8 Å². The molecule has 8 rings (SSSR count). The van der Waals surface area contributed by atoms with E-state index in [1.165, 1.54) is 50.3 Å². The summed E-state index contributed by atoms with van der Waals surface area (Å²) in [7, 11) is 0. The zero-order valence-corrected chi connectivity index (χ0v) is 37.5. The summed E-state index contributed by atoms with van der Waals surface area (Å²) in [5, 5.41) is 0. The van der Waals surface area contributed by atoms with Gasteiger partial charge in [0.05, 0.1) is 23.0 Å². The Hall–Kier alpha value is -5.61. The molecule has 2 aromatic heterocycles. The fourth-order valence-electron chi connectivity index (χ4n) is 7.78. The Labute approximate surface area is 359 Å². The van der Waals surface area contributed by atoms with Crippen molar-refractivity contribution in [1.82, 2.24) is 19.1 Å². The Morgan fingerprint density at radius 2 is 0.897 bits per heavy atom. The van der Waals surface area contributed by atoms with E-state index in [0.29, 0.717) is 11.8 Å². The van der Waals surface area contributed by atoms with Crippen molar-refractivity contribution in [2.24, 2.45) is 0 Å². The van der Waals surface area contributed by atoms with Crippen LogP contribution in [0.3, 0.4) is 0 Å². The van der Waals surface area contributed by atoms with E-state index in [0.717, 1.165) is 45.3 Å². The van der Waals surface area contributed by atoms with Crippen LogP contribution in [0.5, 0.6) is 0 Å². The van der Waals surface area contributed by atoms with Crippen LogP contribution in [0.15, 0.2) is 140 Å². The number of nitrogens with zero attached hydrogens (tertiary/aromatic N) is 4. The SMILES string of the molecule is Cc1cccc(-c2cn(-c3c(C(C)C)cccc3C(C)C)c(-c3[c-]cccc3)n2)c1.Cc1cccc(-c2cn(-c3c(C)cc(C)cc3C)c(-c3[c-]cccc3)n2)c1.[Ir]. The molecule has 1 radical (unpaired) electrons. The second kappa shape index (κ2) is 18.3. The Morgan fingerprint density at radius 3 is 1.29 bits per heavy atom. The molecule has 8 aromatic rings. The van der Waals surface area contributed by atoms with Gasteiger partial charge < -0.3 is 9.13 Å². The normalized spacial score (nSPS) is 11.0. The minimum Gasteiger partial charge on any atom is -0.339 e. The number of rotatable bonds is 8. The quantitative estimate of drug-likeness (QED) is 0.142. The first-order chi connectivity index (χ1) is 27.5. The van der Waals surface area contributed by atoms with Gasteiger partial charge in [-0.1, -0.05) is 111 Å². The van der Waals surface area contributed by atoms with Gasteiger partial charge in [0.15, 0.2) is 0 Å². The van der Waals surface area contributed by atoms with Crippen molar-refractivity contribution in [3.05, 3.63) is 191 Å². The second-order valence-electron chi connectivity index (χ2n) is 15.8. The van der Waals surface area contributed by atoms with Gasteiger partial charge in [-0.2, -0.15) is 0 Å². The molecule has 0 N–H and O–H groups in total. The average Bonchev–Trinajstić information content (AvgIpc) is 3.84. The predicted molar refractivity (Wildman–Crippen MR) is 238 cm³/mol. The van der Waals surface area contributed by atoms with Crippen molar-refractivity contribution in [3.8, 4) is 56.7 Å². The Kier molecular flexibility index (Phi) is 13.3. The van der Waals surface area contributed by atoms with Gasteiger partial charge in [-0.25, -0.2) is 0 Å². The van der Waals surface area contributed by atoms with E-state index in [4.69, 9.17) is 9.97 Å². The summed E-state index contributed by atoms with van der Waals surface area (Å²) >= 11 is 0. The van der Waals surface area contributed by atoms with E-state index in [9.17, 15) is 0 Å². The van der Waals surface area contributed by atoms with Crippen LogP contribution in [0.4, 0.5) is 0 Å². The van der Waals surface area contributed by atoms with Crippen LogP contribution in [-0.4, -0.2) is 19.1 Å². The maximum atomic E-state index is 5.10. The van der Waals surface area contributed by atoms with Gasteiger partial charge in [0.1, 0.15) is 0 Å². The van der Waals surface area contributed by atoms with Crippen LogP contribution in [-0.2, 0) is 20.1 Å². The van der Waals surface area contributed by atoms with Gasteiger partial charge in [0, 0.05) is 55.0 Å². The molecule has 0 aliphatic heterocycles. The third kappa shape index (κ3) is 9.07. The molecule has 4 nitrogen and oxygen atoms in total. The summed E-state index contributed by atoms with van der Waals surface area (Å²) in [6.07, 6.45) is 4.34. The standard InChI is InChI=1S/C28H29N2.C25H23N2.Ir/c1-19(2)24-15-10-16-25(20(3)4)27(24)30-18-26(23-14-9-11-21(5)17-23)29-28(30)22-12-7-6-8-13-22;1-17-9-8-12-22(15-17)23-16-27(24-19(3)13-18(2)14-20(24)4)25(26-23)21-10-6-5-7-11-21;/h6-12,14-20H,1-5H3;5-10,12-16H,1-4H3;/q2*-1;. The van der Waals surface area contributed by atoms with Gasteiger partial charge in [0.25, 0.3) is 0 Å². The van der Waals surface area contributed by atoms with E-state index in [2.05, 4.69) is 193 Å². The molecule has 0 aliphatic rings. The van der Waals surface area contributed by atoms with Crippen molar-refractivity contribution >= 4 is 0 Å². The number of aromatic nitrogens is 4. The molecule has 2 heterocycles. The molecule has 0 aliphatic carbocycles. The van der Waals surface area contributed by atoms with Crippen LogP contribution >= 0.6 is 0 Å². The molecule has 0 atom stereocenters. The largest absolute Gasteiger partial charge is 0.339 e. The molecule has 0 saturated heterocycles. The van der Waals surface area contributed by atoms with E-state index < -0.39 is 0 Å².